The van der Waals surface area contributed by atoms with E-state index in [0.717, 1.165) is 39.4 Å². The van der Waals surface area contributed by atoms with Gasteiger partial charge < -0.3 is 19.5 Å². The molecule has 1 amide bonds. The van der Waals surface area contributed by atoms with Crippen LogP contribution in [0.15, 0.2) is 59.6 Å². The molecule has 11 heteroatoms. The Bertz CT molecular complexity index is 1820. The lowest BCUT2D eigenvalue weighted by molar-refractivity contribution is 0.00613. The molecule has 1 N–H and O–H groups in total. The normalized spacial score (nSPS) is 14.0. The zero-order chi connectivity index (χ0) is 33.8. The molecule has 1 aliphatic rings. The van der Waals surface area contributed by atoms with Crippen molar-refractivity contribution in [3.63, 3.8) is 0 Å². The van der Waals surface area contributed by atoms with Gasteiger partial charge >= 0.3 is 5.97 Å². The number of rotatable bonds is 11. The van der Waals surface area contributed by atoms with Gasteiger partial charge in [-0.1, -0.05) is 61.3 Å². The lowest BCUT2D eigenvalue weighted by Crippen LogP contribution is -2.33. The molecule has 4 aromatic rings. The van der Waals surface area contributed by atoms with Crippen LogP contribution in [-0.2, 0) is 35.6 Å². The molecule has 9 nitrogen and oxygen atoms in total. The van der Waals surface area contributed by atoms with E-state index in [1.807, 2.05) is 73.9 Å². The molecule has 250 valence electrons. The van der Waals surface area contributed by atoms with Crippen LogP contribution in [0.3, 0.4) is 0 Å². The number of carbonyl (C=O) groups excluding carboxylic acids is 2. The van der Waals surface area contributed by atoms with Crippen LogP contribution < -0.4 is 9.70 Å². The van der Waals surface area contributed by atoms with E-state index in [1.165, 1.54) is 11.3 Å². The van der Waals surface area contributed by atoms with Crippen LogP contribution in [0.4, 0.5) is 5.82 Å². The first-order chi connectivity index (χ1) is 22.3. The van der Waals surface area contributed by atoms with Crippen molar-refractivity contribution in [2.45, 2.75) is 84.6 Å². The predicted molar refractivity (Wildman–Crippen MR) is 190 cm³/mol. The zero-order valence-electron chi connectivity index (χ0n) is 28.3. The first kappa shape index (κ1) is 34.7. The summed E-state index contributed by atoms with van der Waals surface area (Å²) in [5.41, 5.74) is 3.90. The van der Waals surface area contributed by atoms with Crippen molar-refractivity contribution in [1.29, 1.82) is 0 Å². The first-order valence-corrected chi connectivity index (χ1v) is 20.8. The van der Waals surface area contributed by atoms with Gasteiger partial charge in [-0.25, -0.2) is 9.78 Å². The highest BCUT2D eigenvalue weighted by atomic mass is 32.1. The average molecular weight is 675 g/mol. The summed E-state index contributed by atoms with van der Waals surface area (Å²) in [5.74, 6) is -0.144. The highest BCUT2D eigenvalue weighted by molar-refractivity contribution is 7.16. The molecule has 0 bridgehead atoms. The molecule has 0 saturated carbocycles. The second-order valence-corrected chi connectivity index (χ2v) is 20.8. The molecule has 1 aliphatic heterocycles. The second-order valence-electron chi connectivity index (χ2n) is 14.2. The molecule has 0 saturated heterocycles. The number of aryl methyl sites for hydroxylation is 1. The fraction of sp³-hybridized carbons (Fsp3) is 0.444. The van der Waals surface area contributed by atoms with Crippen LogP contribution in [-0.4, -0.2) is 60.0 Å². The summed E-state index contributed by atoms with van der Waals surface area (Å²) in [7, 11) is -1.24. The van der Waals surface area contributed by atoms with Gasteiger partial charge in [-0.05, 0) is 87.0 Å². The van der Waals surface area contributed by atoms with Crippen molar-refractivity contribution in [1.82, 2.24) is 9.55 Å². The summed E-state index contributed by atoms with van der Waals surface area (Å²) in [6.45, 7) is 14.6. The molecule has 0 radical (unpaired) electrons. The lowest BCUT2D eigenvalue weighted by atomic mass is 9.94. The molecule has 5 rings (SSSR count). The molecular formula is C36H46N4O5SSi. The Labute approximate surface area is 281 Å². The van der Waals surface area contributed by atoms with Gasteiger partial charge in [0.05, 0.1) is 10.2 Å². The lowest BCUT2D eigenvalue weighted by Gasteiger charge is -2.31. The summed E-state index contributed by atoms with van der Waals surface area (Å²) in [4.78, 5) is 39.2. The van der Waals surface area contributed by atoms with Crippen molar-refractivity contribution in [3.05, 3.63) is 87.3 Å². The van der Waals surface area contributed by atoms with Crippen molar-refractivity contribution in [3.8, 4) is 0 Å². The Balaban J connectivity index is 1.44. The number of carbonyl (C=O) groups is 2. The van der Waals surface area contributed by atoms with Gasteiger partial charge in [0.15, 0.2) is 10.5 Å². The highest BCUT2D eigenvalue weighted by Crippen LogP contribution is 2.28. The molecule has 0 fully saturated rings. The third kappa shape index (κ3) is 8.84. The molecule has 0 aliphatic carbocycles. The maximum absolute atomic E-state index is 13.9. The predicted octanol–water partition coefficient (Wildman–Crippen LogP) is 6.59. The average Bonchev–Trinajstić information content (AvgIpc) is 3.36. The number of amides is 1. The Morgan fingerprint density at radius 3 is 2.60 bits per heavy atom. The Morgan fingerprint density at radius 2 is 1.85 bits per heavy atom. The molecule has 0 spiro atoms. The van der Waals surface area contributed by atoms with E-state index in [1.54, 1.807) is 0 Å². The van der Waals surface area contributed by atoms with Gasteiger partial charge in [0.1, 0.15) is 18.1 Å². The number of esters is 1. The van der Waals surface area contributed by atoms with Crippen molar-refractivity contribution < 1.29 is 24.2 Å². The van der Waals surface area contributed by atoms with E-state index in [9.17, 15) is 14.7 Å². The topological polar surface area (TPSA) is 106 Å². The van der Waals surface area contributed by atoms with E-state index in [2.05, 4.69) is 35.6 Å². The maximum Gasteiger partial charge on any atom is 0.357 e. The number of nitrogens with zero attached hydrogens (tertiary/aromatic N) is 4. The number of aliphatic hydroxyl groups excluding tert-OH is 1. The van der Waals surface area contributed by atoms with Gasteiger partial charge in [0, 0.05) is 39.9 Å². The number of fused-ring (bicyclic) bond motifs is 2. The van der Waals surface area contributed by atoms with Gasteiger partial charge in [-0.15, -0.1) is 0 Å². The van der Waals surface area contributed by atoms with Crippen LogP contribution in [0, 0.1) is 0 Å². The van der Waals surface area contributed by atoms with Gasteiger partial charge in [0.25, 0.3) is 5.91 Å². The summed E-state index contributed by atoms with van der Waals surface area (Å²) >= 11 is 1.48. The smallest absolute Gasteiger partial charge is 0.357 e. The van der Waals surface area contributed by atoms with Crippen molar-refractivity contribution in [2.24, 2.45) is 4.99 Å². The van der Waals surface area contributed by atoms with Crippen molar-refractivity contribution in [2.75, 3.05) is 24.7 Å². The van der Waals surface area contributed by atoms with Crippen LogP contribution in [0.2, 0.25) is 25.7 Å². The fourth-order valence-electron chi connectivity index (χ4n) is 5.52. The standard InChI is InChI=1S/C36H46N4O5SSi/c1-36(2,3)45-34(43)32-26(12-10-20-41)16-17-31(37-32)39-19-18-25-11-9-13-27(28(25)23-39)33(42)38-35-40(24-44-21-22-47(4,5)6)29-14-7-8-15-30(29)46-35/h7-9,11,13-17,41H,10,12,18-24H2,1-6H3/b38-35-. The Kier molecular flexibility index (Phi) is 10.8. The zero-order valence-corrected chi connectivity index (χ0v) is 30.2. The molecule has 2 aromatic carbocycles. The van der Waals surface area contributed by atoms with Crippen LogP contribution in [0.1, 0.15) is 64.7 Å². The van der Waals surface area contributed by atoms with Gasteiger partial charge in [-0.2, -0.15) is 4.99 Å². The molecule has 0 unspecified atom stereocenters. The summed E-state index contributed by atoms with van der Waals surface area (Å²) < 4.78 is 14.8. The first-order valence-electron chi connectivity index (χ1n) is 16.3. The fourth-order valence-corrected chi connectivity index (χ4v) is 7.29. The van der Waals surface area contributed by atoms with E-state index < -0.39 is 19.6 Å². The summed E-state index contributed by atoms with van der Waals surface area (Å²) in [6.07, 6.45) is 1.76. The SMILES string of the molecule is CC(C)(C)OC(=O)c1nc(N2CCc3cccc(C(=O)/N=c4\sc5ccccc5n4COCC[Si](C)(C)C)c3C2)ccc1CCCO. The minimum atomic E-state index is -1.24. The third-order valence-corrected chi connectivity index (χ3v) is 10.8. The maximum atomic E-state index is 13.9. The van der Waals surface area contributed by atoms with E-state index in [-0.39, 0.29) is 18.2 Å². The van der Waals surface area contributed by atoms with E-state index in [0.29, 0.717) is 55.5 Å². The number of pyridine rings is 1. The number of aromatic nitrogens is 2. The number of hydrogen-bond acceptors (Lipinski definition) is 8. The molecule has 47 heavy (non-hydrogen) atoms. The number of thiazole rings is 1. The van der Waals surface area contributed by atoms with Crippen molar-refractivity contribution >= 4 is 47.3 Å². The summed E-state index contributed by atoms with van der Waals surface area (Å²) in [6, 6.07) is 18.7. The van der Waals surface area contributed by atoms with Crippen LogP contribution in [0.5, 0.6) is 0 Å². The molecule has 0 atom stereocenters. The third-order valence-electron chi connectivity index (χ3n) is 7.99. The monoisotopic (exact) mass is 674 g/mol. The number of benzene rings is 2. The van der Waals surface area contributed by atoms with E-state index >= 15 is 0 Å². The Morgan fingerprint density at radius 1 is 1.06 bits per heavy atom. The largest absolute Gasteiger partial charge is 0.455 e. The highest BCUT2D eigenvalue weighted by Gasteiger charge is 2.26. The van der Waals surface area contributed by atoms with Gasteiger partial charge in [0.2, 0.25) is 0 Å². The minimum Gasteiger partial charge on any atom is -0.455 e. The number of aliphatic hydroxyl groups is 1. The van der Waals surface area contributed by atoms with Crippen LogP contribution in [0.25, 0.3) is 10.2 Å². The van der Waals surface area contributed by atoms with E-state index in [4.69, 9.17) is 14.5 Å². The minimum absolute atomic E-state index is 0.0212. The number of para-hydroxylation sites is 1. The quantitative estimate of drug-likeness (QED) is 0.109. The molecular weight excluding hydrogens is 629 g/mol. The van der Waals surface area contributed by atoms with Gasteiger partial charge in [-0.3, -0.25) is 9.36 Å². The summed E-state index contributed by atoms with van der Waals surface area (Å²) in [5, 5.41) is 9.40. The van der Waals surface area contributed by atoms with Crippen LogP contribution >= 0.6 is 11.3 Å². The Hall–Kier alpha value is -3.64. The molecule has 3 heterocycles. The number of hydrogen-bond donors (Lipinski definition) is 1. The second kappa shape index (κ2) is 14.6. The number of anilines is 1. The number of ether oxygens (including phenoxy) is 2. The molecule has 2 aromatic heterocycles.